The van der Waals surface area contributed by atoms with Crippen molar-refractivity contribution in [2.45, 2.75) is 20.5 Å². The molecule has 4 aromatic rings. The first-order valence-electron chi connectivity index (χ1n) is 9.93. The monoisotopic (exact) mass is 432 g/mol. The highest BCUT2D eigenvalue weighted by Gasteiger charge is 2.10. The van der Waals surface area contributed by atoms with Gasteiger partial charge >= 0.3 is 0 Å². The van der Waals surface area contributed by atoms with Crippen LogP contribution in [0.15, 0.2) is 67.0 Å². The number of pyridine rings is 1. The van der Waals surface area contributed by atoms with Gasteiger partial charge in [-0.25, -0.2) is 9.37 Å². The molecule has 0 spiro atoms. The zero-order valence-electron chi connectivity index (χ0n) is 17.6. The number of ether oxygens (including phenoxy) is 1. The summed E-state index contributed by atoms with van der Waals surface area (Å²) < 4.78 is 21.5. The minimum Gasteiger partial charge on any atom is -0.487 e. The molecular formula is C24H21FN4O3. The molecule has 0 saturated carbocycles. The number of fused-ring (bicyclic) bond motifs is 1. The highest BCUT2D eigenvalue weighted by atomic mass is 19.1. The van der Waals surface area contributed by atoms with Gasteiger partial charge in [0.1, 0.15) is 23.8 Å². The van der Waals surface area contributed by atoms with Crippen LogP contribution in [-0.2, 0) is 11.4 Å². The van der Waals surface area contributed by atoms with Gasteiger partial charge in [-0.05, 0) is 61.0 Å². The zero-order chi connectivity index (χ0) is 22.7. The van der Waals surface area contributed by atoms with Crippen molar-refractivity contribution in [2.75, 3.05) is 10.6 Å². The molecule has 7 nitrogen and oxygen atoms in total. The van der Waals surface area contributed by atoms with Crippen molar-refractivity contribution in [3.8, 4) is 5.75 Å². The number of anilines is 2. The summed E-state index contributed by atoms with van der Waals surface area (Å²) in [5.41, 5.74) is 3.54. The lowest BCUT2D eigenvalue weighted by atomic mass is 10.2. The predicted octanol–water partition coefficient (Wildman–Crippen LogP) is 4.57. The summed E-state index contributed by atoms with van der Waals surface area (Å²) >= 11 is 0. The number of hydrogen-bond acceptors (Lipinski definition) is 4. The van der Waals surface area contributed by atoms with E-state index in [2.05, 4.69) is 15.6 Å². The zero-order valence-corrected chi connectivity index (χ0v) is 17.6. The van der Waals surface area contributed by atoms with Gasteiger partial charge in [0.05, 0.1) is 11.4 Å². The lowest BCUT2D eigenvalue weighted by Crippen LogP contribution is -2.13. The summed E-state index contributed by atoms with van der Waals surface area (Å²) in [6.45, 7) is 3.59. The Hall–Kier alpha value is -4.20. The fourth-order valence-electron chi connectivity index (χ4n) is 3.23. The topological polar surface area (TPSA) is 84.7 Å². The van der Waals surface area contributed by atoms with Gasteiger partial charge in [0.15, 0.2) is 0 Å². The molecule has 2 aromatic heterocycles. The summed E-state index contributed by atoms with van der Waals surface area (Å²) in [7, 11) is 0. The van der Waals surface area contributed by atoms with E-state index in [-0.39, 0.29) is 11.6 Å². The van der Waals surface area contributed by atoms with Crippen LogP contribution in [0.25, 0.3) is 5.65 Å². The molecule has 0 unspecified atom stereocenters. The SMILES string of the molecule is CC(=O)Nc1cc(NC(=O)c2ccc(OCc3cn4cccc(C)c4n3)cc2)ccc1F. The van der Waals surface area contributed by atoms with Gasteiger partial charge in [-0.3, -0.25) is 9.59 Å². The Morgan fingerprint density at radius 3 is 2.59 bits per heavy atom. The molecular weight excluding hydrogens is 411 g/mol. The molecule has 2 amide bonds. The molecule has 4 rings (SSSR count). The van der Waals surface area contributed by atoms with E-state index in [1.807, 2.05) is 35.9 Å². The first-order valence-corrected chi connectivity index (χ1v) is 9.93. The van der Waals surface area contributed by atoms with Crippen molar-refractivity contribution in [3.63, 3.8) is 0 Å². The number of rotatable bonds is 6. The quantitative estimate of drug-likeness (QED) is 0.467. The number of benzene rings is 2. The van der Waals surface area contributed by atoms with Crippen LogP contribution in [0.1, 0.15) is 28.5 Å². The van der Waals surface area contributed by atoms with Crippen LogP contribution in [0.3, 0.4) is 0 Å². The second-order valence-electron chi connectivity index (χ2n) is 7.30. The molecule has 0 aliphatic rings. The lowest BCUT2D eigenvalue weighted by Gasteiger charge is -2.10. The molecule has 8 heteroatoms. The fraction of sp³-hybridized carbons (Fsp3) is 0.125. The summed E-state index contributed by atoms with van der Waals surface area (Å²) in [4.78, 5) is 28.3. The van der Waals surface area contributed by atoms with Crippen LogP contribution in [0.2, 0.25) is 0 Å². The largest absolute Gasteiger partial charge is 0.487 e. The number of nitrogens with one attached hydrogen (secondary N) is 2. The van der Waals surface area contributed by atoms with Gasteiger partial charge in [0.2, 0.25) is 5.91 Å². The van der Waals surface area contributed by atoms with E-state index in [1.165, 1.54) is 25.1 Å². The Morgan fingerprint density at radius 1 is 1.09 bits per heavy atom. The third-order valence-corrected chi connectivity index (χ3v) is 4.77. The second kappa shape index (κ2) is 8.89. The van der Waals surface area contributed by atoms with Crippen LogP contribution in [0.5, 0.6) is 5.75 Å². The van der Waals surface area contributed by atoms with Gasteiger partial charge in [-0.15, -0.1) is 0 Å². The third kappa shape index (κ3) is 4.75. The molecule has 0 saturated heterocycles. The van der Waals surface area contributed by atoms with Crippen LogP contribution in [-0.4, -0.2) is 21.2 Å². The van der Waals surface area contributed by atoms with Crippen molar-refractivity contribution in [3.05, 3.63) is 89.6 Å². The van der Waals surface area contributed by atoms with Crippen molar-refractivity contribution in [1.82, 2.24) is 9.38 Å². The first-order chi connectivity index (χ1) is 15.4. The molecule has 2 heterocycles. The summed E-state index contributed by atoms with van der Waals surface area (Å²) in [5.74, 6) is -0.750. The average molecular weight is 432 g/mol. The summed E-state index contributed by atoms with van der Waals surface area (Å²) in [5, 5.41) is 5.07. The van der Waals surface area contributed by atoms with Gasteiger partial charge < -0.3 is 19.8 Å². The number of halogens is 1. The van der Waals surface area contributed by atoms with Crippen molar-refractivity contribution >= 4 is 28.8 Å². The standard InChI is InChI=1S/C24H21FN4O3/c1-15-4-3-11-29-13-19(27-23(15)29)14-32-20-8-5-17(6-9-20)24(31)28-18-7-10-21(25)22(12-18)26-16(2)30/h3-13H,14H2,1-2H3,(H,26,30)(H,28,31). The minimum absolute atomic E-state index is 0.00110. The van der Waals surface area contributed by atoms with Gasteiger partial charge in [0, 0.05) is 30.6 Å². The maximum atomic E-state index is 13.8. The Labute approximate surface area is 183 Å². The highest BCUT2D eigenvalue weighted by molar-refractivity contribution is 6.04. The van der Waals surface area contributed by atoms with Gasteiger partial charge in [-0.2, -0.15) is 0 Å². The van der Waals surface area contributed by atoms with Crippen LogP contribution < -0.4 is 15.4 Å². The number of aromatic nitrogens is 2. The lowest BCUT2D eigenvalue weighted by molar-refractivity contribution is -0.114. The Morgan fingerprint density at radius 2 is 1.88 bits per heavy atom. The Balaban J connectivity index is 1.39. The molecule has 0 atom stereocenters. The number of imidazole rings is 1. The molecule has 162 valence electrons. The fourth-order valence-corrected chi connectivity index (χ4v) is 3.23. The number of carbonyl (C=O) groups excluding carboxylic acids is 2. The van der Waals surface area contributed by atoms with Crippen molar-refractivity contribution < 1.29 is 18.7 Å². The van der Waals surface area contributed by atoms with Crippen molar-refractivity contribution in [2.24, 2.45) is 0 Å². The number of aryl methyl sites for hydroxylation is 1. The Bertz CT molecular complexity index is 1300. The number of carbonyl (C=O) groups is 2. The molecule has 32 heavy (non-hydrogen) atoms. The number of hydrogen-bond donors (Lipinski definition) is 2. The Kier molecular flexibility index (Phi) is 5.85. The van der Waals surface area contributed by atoms with Crippen LogP contribution in [0, 0.1) is 12.7 Å². The van der Waals surface area contributed by atoms with Gasteiger partial charge in [-0.1, -0.05) is 6.07 Å². The molecule has 2 aromatic carbocycles. The number of amides is 2. The average Bonchev–Trinajstić information content (AvgIpc) is 3.19. The van der Waals surface area contributed by atoms with E-state index in [9.17, 15) is 14.0 Å². The van der Waals surface area contributed by atoms with E-state index in [1.54, 1.807) is 24.3 Å². The van der Waals surface area contributed by atoms with E-state index in [0.717, 1.165) is 16.9 Å². The molecule has 0 radical (unpaired) electrons. The van der Waals surface area contributed by atoms with E-state index in [4.69, 9.17) is 4.74 Å². The maximum Gasteiger partial charge on any atom is 0.255 e. The molecule has 0 aliphatic heterocycles. The summed E-state index contributed by atoms with van der Waals surface area (Å²) in [6.07, 6.45) is 3.86. The molecule has 0 fully saturated rings. The van der Waals surface area contributed by atoms with E-state index >= 15 is 0 Å². The molecule has 0 bridgehead atoms. The molecule has 2 N–H and O–H groups in total. The smallest absolute Gasteiger partial charge is 0.255 e. The summed E-state index contributed by atoms with van der Waals surface area (Å²) in [6, 6.07) is 14.6. The normalized spacial score (nSPS) is 10.7. The van der Waals surface area contributed by atoms with E-state index in [0.29, 0.717) is 23.6 Å². The van der Waals surface area contributed by atoms with Crippen molar-refractivity contribution in [1.29, 1.82) is 0 Å². The van der Waals surface area contributed by atoms with Crippen LogP contribution in [0.4, 0.5) is 15.8 Å². The molecule has 0 aliphatic carbocycles. The number of nitrogens with zero attached hydrogens (tertiary/aromatic N) is 2. The minimum atomic E-state index is -0.583. The van der Waals surface area contributed by atoms with Gasteiger partial charge in [0.25, 0.3) is 5.91 Å². The highest BCUT2D eigenvalue weighted by Crippen LogP contribution is 2.21. The third-order valence-electron chi connectivity index (χ3n) is 4.77. The predicted molar refractivity (Wildman–Crippen MR) is 119 cm³/mol. The second-order valence-corrected chi connectivity index (χ2v) is 7.30. The van der Waals surface area contributed by atoms with Crippen LogP contribution >= 0.6 is 0 Å². The van der Waals surface area contributed by atoms with E-state index < -0.39 is 11.7 Å². The first kappa shape index (κ1) is 21.0. The maximum absolute atomic E-state index is 13.8.